The lowest BCUT2D eigenvalue weighted by Gasteiger charge is -2.16. The summed E-state index contributed by atoms with van der Waals surface area (Å²) in [4.78, 5) is 34.8. The van der Waals surface area contributed by atoms with Gasteiger partial charge >= 0.3 is 0 Å². The zero-order valence-electron chi connectivity index (χ0n) is 13.4. The van der Waals surface area contributed by atoms with Crippen LogP contribution in [-0.2, 0) is 16.1 Å². The van der Waals surface area contributed by atoms with Gasteiger partial charge in [0.2, 0.25) is 11.8 Å². The summed E-state index contributed by atoms with van der Waals surface area (Å²) in [6.07, 6.45) is 5.12. The number of hydrogen-bond donors (Lipinski definition) is 1. The molecule has 1 N–H and O–H groups in total. The Morgan fingerprint density at radius 2 is 2.08 bits per heavy atom. The van der Waals surface area contributed by atoms with Gasteiger partial charge in [0.25, 0.3) is 0 Å². The third-order valence-electron chi connectivity index (χ3n) is 4.21. The van der Waals surface area contributed by atoms with Crippen LogP contribution in [0.2, 0.25) is 0 Å². The Morgan fingerprint density at radius 1 is 1.16 bits per heavy atom. The lowest BCUT2D eigenvalue weighted by molar-refractivity contribution is -0.128. The zero-order chi connectivity index (χ0) is 17.2. The van der Waals surface area contributed by atoms with Gasteiger partial charge in [-0.2, -0.15) is 9.61 Å². The van der Waals surface area contributed by atoms with Crippen molar-refractivity contribution < 1.29 is 9.59 Å². The molecule has 0 aromatic carbocycles. The quantitative estimate of drug-likeness (QED) is 0.770. The molecule has 0 aliphatic carbocycles. The van der Waals surface area contributed by atoms with Crippen molar-refractivity contribution in [2.45, 2.75) is 13.0 Å². The van der Waals surface area contributed by atoms with Gasteiger partial charge in [0, 0.05) is 31.4 Å². The maximum absolute atomic E-state index is 12.6. The number of carbonyl (C=O) groups is 2. The molecule has 1 aliphatic rings. The standard InChI is InChI=1S/C17H16N6O2/c24-16-9-12(10-22(16)11-13-3-1-2-6-18-13)17(25)21-15-4-7-19-14-5-8-20-23(14)15/h1-8,12H,9-11H2,(H,21,25)/t12-/m0/s1. The van der Waals surface area contributed by atoms with Crippen molar-refractivity contribution in [1.29, 1.82) is 0 Å². The summed E-state index contributed by atoms with van der Waals surface area (Å²) in [6, 6.07) is 9.01. The van der Waals surface area contributed by atoms with Crippen molar-refractivity contribution in [1.82, 2.24) is 24.5 Å². The molecule has 0 radical (unpaired) electrons. The Kier molecular flexibility index (Phi) is 3.85. The molecule has 8 nitrogen and oxygen atoms in total. The van der Waals surface area contributed by atoms with E-state index in [1.165, 1.54) is 0 Å². The normalized spacial score (nSPS) is 17.2. The maximum atomic E-state index is 12.6. The van der Waals surface area contributed by atoms with E-state index in [-0.39, 0.29) is 18.2 Å². The molecule has 4 heterocycles. The van der Waals surface area contributed by atoms with Crippen molar-refractivity contribution in [2.75, 3.05) is 11.9 Å². The fourth-order valence-electron chi connectivity index (χ4n) is 2.95. The SMILES string of the molecule is O=C(Nc1ccnc2ccnn12)[C@H]1CC(=O)N(Cc2ccccn2)C1. The summed E-state index contributed by atoms with van der Waals surface area (Å²) >= 11 is 0. The Hall–Kier alpha value is -3.29. The van der Waals surface area contributed by atoms with Crippen LogP contribution in [0.1, 0.15) is 12.1 Å². The van der Waals surface area contributed by atoms with Gasteiger partial charge in [-0.15, -0.1) is 0 Å². The van der Waals surface area contributed by atoms with Crippen LogP contribution in [0.5, 0.6) is 0 Å². The molecule has 3 aromatic heterocycles. The minimum absolute atomic E-state index is 0.0373. The van der Waals surface area contributed by atoms with Crippen molar-refractivity contribution >= 4 is 23.3 Å². The van der Waals surface area contributed by atoms with Gasteiger partial charge in [0.15, 0.2) is 5.65 Å². The van der Waals surface area contributed by atoms with E-state index in [9.17, 15) is 9.59 Å². The van der Waals surface area contributed by atoms with Crippen molar-refractivity contribution in [3.8, 4) is 0 Å². The molecule has 1 fully saturated rings. The number of hydrogen-bond acceptors (Lipinski definition) is 5. The van der Waals surface area contributed by atoms with Gasteiger partial charge < -0.3 is 10.2 Å². The molecule has 0 spiro atoms. The number of fused-ring (bicyclic) bond motifs is 1. The first kappa shape index (κ1) is 15.3. The van der Waals surface area contributed by atoms with Crippen LogP contribution in [0.25, 0.3) is 5.65 Å². The number of anilines is 1. The Labute approximate surface area is 143 Å². The lowest BCUT2D eigenvalue weighted by Crippen LogP contribution is -2.28. The number of amides is 2. The smallest absolute Gasteiger partial charge is 0.230 e. The fraction of sp³-hybridized carbons (Fsp3) is 0.235. The summed E-state index contributed by atoms with van der Waals surface area (Å²) in [5.41, 5.74) is 1.46. The highest BCUT2D eigenvalue weighted by Gasteiger charge is 2.34. The monoisotopic (exact) mass is 336 g/mol. The number of pyridine rings is 1. The number of aromatic nitrogens is 4. The van der Waals surface area contributed by atoms with Crippen LogP contribution in [-0.4, -0.2) is 42.8 Å². The summed E-state index contributed by atoms with van der Waals surface area (Å²) in [5.74, 6) is -0.0877. The summed E-state index contributed by atoms with van der Waals surface area (Å²) < 4.78 is 1.56. The molecule has 8 heteroatoms. The molecule has 1 atom stereocenters. The molecular weight excluding hydrogens is 320 g/mol. The van der Waals surface area contributed by atoms with Crippen LogP contribution in [0, 0.1) is 5.92 Å². The summed E-state index contributed by atoms with van der Waals surface area (Å²) in [6.45, 7) is 0.802. The van der Waals surface area contributed by atoms with E-state index in [4.69, 9.17) is 0 Å². The molecule has 0 bridgehead atoms. The minimum atomic E-state index is -0.394. The van der Waals surface area contributed by atoms with E-state index in [1.807, 2.05) is 18.2 Å². The van der Waals surface area contributed by atoms with Gasteiger partial charge in [-0.05, 0) is 18.2 Å². The highest BCUT2D eigenvalue weighted by Crippen LogP contribution is 2.21. The second-order valence-electron chi connectivity index (χ2n) is 5.92. The average molecular weight is 336 g/mol. The van der Waals surface area contributed by atoms with Crippen LogP contribution in [0.4, 0.5) is 5.82 Å². The predicted octanol–water partition coefficient (Wildman–Crippen LogP) is 1.11. The second kappa shape index (κ2) is 6.31. The Balaban J connectivity index is 1.45. The molecule has 4 rings (SSSR count). The summed E-state index contributed by atoms with van der Waals surface area (Å²) in [5, 5.41) is 6.98. The third-order valence-corrected chi connectivity index (χ3v) is 4.21. The molecule has 0 saturated carbocycles. The highest BCUT2D eigenvalue weighted by molar-refractivity contribution is 5.96. The molecule has 25 heavy (non-hydrogen) atoms. The van der Waals surface area contributed by atoms with Crippen molar-refractivity contribution in [2.24, 2.45) is 5.92 Å². The van der Waals surface area contributed by atoms with E-state index < -0.39 is 5.92 Å². The number of likely N-dealkylation sites (tertiary alicyclic amines) is 1. The van der Waals surface area contributed by atoms with Gasteiger partial charge in [0.1, 0.15) is 5.82 Å². The number of carbonyl (C=O) groups excluding carboxylic acids is 2. The Bertz CT molecular complexity index is 923. The molecule has 2 amide bonds. The lowest BCUT2D eigenvalue weighted by atomic mass is 10.1. The van der Waals surface area contributed by atoms with E-state index in [2.05, 4.69) is 20.4 Å². The van der Waals surface area contributed by atoms with E-state index >= 15 is 0 Å². The third kappa shape index (κ3) is 3.06. The number of nitrogens with one attached hydrogen (secondary N) is 1. The Morgan fingerprint density at radius 3 is 2.92 bits per heavy atom. The second-order valence-corrected chi connectivity index (χ2v) is 5.92. The topological polar surface area (TPSA) is 92.5 Å². The highest BCUT2D eigenvalue weighted by atomic mass is 16.2. The van der Waals surface area contributed by atoms with Gasteiger partial charge in [0.05, 0.1) is 24.4 Å². The van der Waals surface area contributed by atoms with Crippen molar-refractivity contribution in [3.05, 3.63) is 54.6 Å². The molecule has 1 aliphatic heterocycles. The fourth-order valence-corrected chi connectivity index (χ4v) is 2.95. The molecule has 3 aromatic rings. The van der Waals surface area contributed by atoms with Crippen molar-refractivity contribution in [3.63, 3.8) is 0 Å². The number of rotatable bonds is 4. The number of nitrogens with zero attached hydrogens (tertiary/aromatic N) is 5. The predicted molar refractivity (Wildman–Crippen MR) is 89.4 cm³/mol. The molecular formula is C17H16N6O2. The van der Waals surface area contributed by atoms with Gasteiger partial charge in [-0.3, -0.25) is 14.6 Å². The van der Waals surface area contributed by atoms with Gasteiger partial charge in [-0.1, -0.05) is 6.07 Å². The van der Waals surface area contributed by atoms with Crippen LogP contribution in [0.3, 0.4) is 0 Å². The summed E-state index contributed by atoms with van der Waals surface area (Å²) in [7, 11) is 0. The van der Waals surface area contributed by atoms with E-state index in [0.29, 0.717) is 24.6 Å². The van der Waals surface area contributed by atoms with Gasteiger partial charge in [-0.25, -0.2) is 4.98 Å². The maximum Gasteiger partial charge on any atom is 0.230 e. The molecule has 0 unspecified atom stereocenters. The minimum Gasteiger partial charge on any atom is -0.336 e. The zero-order valence-corrected chi connectivity index (χ0v) is 13.4. The average Bonchev–Trinajstić information content (AvgIpc) is 3.24. The van der Waals surface area contributed by atoms with Crippen LogP contribution in [0.15, 0.2) is 48.9 Å². The van der Waals surface area contributed by atoms with Crippen LogP contribution >= 0.6 is 0 Å². The molecule has 1 saturated heterocycles. The van der Waals surface area contributed by atoms with E-state index in [0.717, 1.165) is 5.69 Å². The molecule has 126 valence electrons. The largest absolute Gasteiger partial charge is 0.336 e. The van der Waals surface area contributed by atoms with E-state index in [1.54, 1.807) is 40.1 Å². The first-order valence-corrected chi connectivity index (χ1v) is 7.98. The first-order chi connectivity index (χ1) is 12.2. The van der Waals surface area contributed by atoms with Crippen LogP contribution < -0.4 is 5.32 Å². The first-order valence-electron chi connectivity index (χ1n) is 7.98.